The Bertz CT molecular complexity index is 995. The number of carbonyl (C=O) groups excluding carboxylic acids is 1. The topological polar surface area (TPSA) is 56.1 Å². The van der Waals surface area contributed by atoms with Crippen molar-refractivity contribution in [3.63, 3.8) is 0 Å². The molecule has 8 heteroatoms. The van der Waals surface area contributed by atoms with Gasteiger partial charge in [0.05, 0.1) is 19.2 Å². The fourth-order valence-corrected chi connectivity index (χ4v) is 2.81. The van der Waals surface area contributed by atoms with Crippen LogP contribution in [0.4, 0.5) is 13.2 Å². The van der Waals surface area contributed by atoms with Crippen LogP contribution in [0.5, 0.6) is 5.75 Å². The summed E-state index contributed by atoms with van der Waals surface area (Å²) in [4.78, 5) is 12.2. The van der Waals surface area contributed by atoms with Gasteiger partial charge in [-0.25, -0.2) is 4.68 Å². The Kier molecular flexibility index (Phi) is 5.91. The van der Waals surface area contributed by atoms with Gasteiger partial charge >= 0.3 is 6.18 Å². The molecule has 0 aliphatic rings. The summed E-state index contributed by atoms with van der Waals surface area (Å²) in [6, 6.07) is 13.3. The van der Waals surface area contributed by atoms with Crippen molar-refractivity contribution in [2.24, 2.45) is 0 Å². The molecule has 0 aliphatic heterocycles. The van der Waals surface area contributed by atoms with Crippen molar-refractivity contribution in [3.8, 4) is 11.4 Å². The van der Waals surface area contributed by atoms with E-state index in [2.05, 4.69) is 10.4 Å². The number of benzene rings is 2. The monoisotopic (exact) mass is 403 g/mol. The van der Waals surface area contributed by atoms with Crippen LogP contribution in [0, 0.1) is 6.92 Å². The number of methoxy groups -OCH3 is 1. The van der Waals surface area contributed by atoms with Crippen molar-refractivity contribution < 1.29 is 22.7 Å². The number of nitrogens with one attached hydrogen (secondary N) is 1. The maximum Gasteiger partial charge on any atom is 0.435 e. The first-order valence-corrected chi connectivity index (χ1v) is 8.88. The normalized spacial score (nSPS) is 11.3. The van der Waals surface area contributed by atoms with Gasteiger partial charge in [-0.1, -0.05) is 24.3 Å². The summed E-state index contributed by atoms with van der Waals surface area (Å²) in [5.41, 5.74) is 2.23. The molecule has 0 fully saturated rings. The molecule has 2 aromatic carbocycles. The van der Waals surface area contributed by atoms with Gasteiger partial charge in [0.1, 0.15) is 5.75 Å². The van der Waals surface area contributed by atoms with E-state index in [1.165, 1.54) is 6.20 Å². The van der Waals surface area contributed by atoms with Crippen molar-refractivity contribution >= 4 is 5.91 Å². The summed E-state index contributed by atoms with van der Waals surface area (Å²) in [6.45, 7) is 2.24. The van der Waals surface area contributed by atoms with Crippen LogP contribution in [-0.4, -0.2) is 22.8 Å². The van der Waals surface area contributed by atoms with Gasteiger partial charge in [0.15, 0.2) is 5.69 Å². The second-order valence-corrected chi connectivity index (χ2v) is 6.57. The number of halogens is 3. The van der Waals surface area contributed by atoms with Crippen molar-refractivity contribution in [3.05, 3.63) is 77.1 Å². The first kappa shape index (κ1) is 20.4. The maximum absolute atomic E-state index is 12.7. The standard InChI is InChI=1S/C21H20F3N3O2/c1-14-3-4-16(11-18(14)29-2)12-20(28)25-13-15-5-7-17(8-6-15)27-10-9-19(26-27)21(22,23)24/h3-11H,12-13H2,1-2H3,(H,25,28). The number of alkyl halides is 3. The van der Waals surface area contributed by atoms with Crippen LogP contribution in [0.1, 0.15) is 22.4 Å². The number of hydrogen-bond acceptors (Lipinski definition) is 3. The predicted octanol–water partition coefficient (Wildman–Crippen LogP) is 4.07. The first-order valence-electron chi connectivity index (χ1n) is 8.88. The van der Waals surface area contributed by atoms with E-state index in [1.807, 2.05) is 25.1 Å². The molecule has 0 saturated carbocycles. The highest BCUT2D eigenvalue weighted by atomic mass is 19.4. The van der Waals surface area contributed by atoms with E-state index >= 15 is 0 Å². The van der Waals surface area contributed by atoms with Crippen LogP contribution < -0.4 is 10.1 Å². The third-order valence-corrected chi connectivity index (χ3v) is 4.41. The number of ether oxygens (including phenoxy) is 1. The summed E-state index contributed by atoms with van der Waals surface area (Å²) in [5.74, 6) is 0.597. The lowest BCUT2D eigenvalue weighted by Gasteiger charge is -2.09. The molecular weight excluding hydrogens is 383 g/mol. The molecule has 0 bridgehead atoms. The van der Waals surface area contributed by atoms with Gasteiger partial charge in [0, 0.05) is 12.7 Å². The highest BCUT2D eigenvalue weighted by Crippen LogP contribution is 2.27. The molecule has 0 saturated heterocycles. The van der Waals surface area contributed by atoms with Gasteiger partial charge in [0.2, 0.25) is 5.91 Å². The van der Waals surface area contributed by atoms with Crippen molar-refractivity contribution in [2.75, 3.05) is 7.11 Å². The van der Waals surface area contributed by atoms with Crippen molar-refractivity contribution in [1.82, 2.24) is 15.1 Å². The Morgan fingerprint density at radius 3 is 2.41 bits per heavy atom. The van der Waals surface area contributed by atoms with Crippen LogP contribution in [-0.2, 0) is 23.9 Å². The van der Waals surface area contributed by atoms with E-state index < -0.39 is 11.9 Å². The highest BCUT2D eigenvalue weighted by Gasteiger charge is 2.33. The summed E-state index contributed by atoms with van der Waals surface area (Å²) in [7, 11) is 1.59. The number of nitrogens with zero attached hydrogens (tertiary/aromatic N) is 2. The van der Waals surface area contributed by atoms with Crippen LogP contribution >= 0.6 is 0 Å². The summed E-state index contributed by atoms with van der Waals surface area (Å²) < 4.78 is 44.4. The van der Waals surface area contributed by atoms with E-state index in [0.29, 0.717) is 12.2 Å². The van der Waals surface area contributed by atoms with E-state index in [0.717, 1.165) is 33.2 Å². The average Bonchev–Trinajstić information content (AvgIpc) is 3.19. The van der Waals surface area contributed by atoms with Crippen molar-refractivity contribution in [2.45, 2.75) is 26.1 Å². The molecule has 3 rings (SSSR count). The number of aromatic nitrogens is 2. The molecule has 0 spiro atoms. The quantitative estimate of drug-likeness (QED) is 0.675. The molecule has 5 nitrogen and oxygen atoms in total. The van der Waals surface area contributed by atoms with E-state index in [1.54, 1.807) is 31.4 Å². The van der Waals surface area contributed by atoms with Crippen LogP contribution in [0.25, 0.3) is 5.69 Å². The van der Waals surface area contributed by atoms with Gasteiger partial charge in [-0.15, -0.1) is 0 Å². The zero-order chi connectivity index (χ0) is 21.0. The Hall–Kier alpha value is -3.29. The molecule has 1 amide bonds. The zero-order valence-electron chi connectivity index (χ0n) is 16.0. The molecule has 0 radical (unpaired) electrons. The van der Waals surface area contributed by atoms with Gasteiger partial charge in [-0.3, -0.25) is 4.79 Å². The molecule has 1 N–H and O–H groups in total. The molecule has 0 unspecified atom stereocenters. The Labute approximate surface area is 166 Å². The Morgan fingerprint density at radius 1 is 1.10 bits per heavy atom. The minimum atomic E-state index is -4.48. The SMILES string of the molecule is COc1cc(CC(=O)NCc2ccc(-n3ccc(C(F)(F)F)n3)cc2)ccc1C. The largest absolute Gasteiger partial charge is 0.496 e. The molecule has 152 valence electrons. The highest BCUT2D eigenvalue weighted by molar-refractivity contribution is 5.78. The lowest BCUT2D eigenvalue weighted by atomic mass is 10.1. The van der Waals surface area contributed by atoms with Crippen LogP contribution in [0.15, 0.2) is 54.7 Å². The Morgan fingerprint density at radius 2 is 1.79 bits per heavy atom. The summed E-state index contributed by atoms with van der Waals surface area (Å²) in [5, 5.41) is 6.37. The van der Waals surface area contributed by atoms with E-state index in [4.69, 9.17) is 4.74 Å². The lowest BCUT2D eigenvalue weighted by molar-refractivity contribution is -0.141. The summed E-state index contributed by atoms with van der Waals surface area (Å²) in [6.07, 6.45) is -2.99. The van der Waals surface area contributed by atoms with Gasteiger partial charge in [-0.05, 0) is 47.9 Å². The second kappa shape index (κ2) is 8.38. The lowest BCUT2D eigenvalue weighted by Crippen LogP contribution is -2.24. The van der Waals surface area contributed by atoms with E-state index in [-0.39, 0.29) is 12.3 Å². The molecule has 0 atom stereocenters. The predicted molar refractivity (Wildman–Crippen MR) is 102 cm³/mol. The third-order valence-electron chi connectivity index (χ3n) is 4.41. The fraction of sp³-hybridized carbons (Fsp3) is 0.238. The third kappa shape index (κ3) is 5.16. The number of rotatable bonds is 6. The molecule has 3 aromatic rings. The number of aryl methyl sites for hydroxylation is 1. The molecule has 0 aliphatic carbocycles. The van der Waals surface area contributed by atoms with Gasteiger partial charge in [-0.2, -0.15) is 18.3 Å². The van der Waals surface area contributed by atoms with Gasteiger partial charge < -0.3 is 10.1 Å². The number of amides is 1. The van der Waals surface area contributed by atoms with Crippen LogP contribution in [0.3, 0.4) is 0 Å². The molecular formula is C21H20F3N3O2. The van der Waals surface area contributed by atoms with Crippen LogP contribution in [0.2, 0.25) is 0 Å². The molecule has 29 heavy (non-hydrogen) atoms. The zero-order valence-corrected chi connectivity index (χ0v) is 16.0. The minimum absolute atomic E-state index is 0.137. The van der Waals surface area contributed by atoms with Crippen molar-refractivity contribution in [1.29, 1.82) is 0 Å². The Balaban J connectivity index is 1.57. The smallest absolute Gasteiger partial charge is 0.435 e. The molecule has 1 aromatic heterocycles. The maximum atomic E-state index is 12.7. The van der Waals surface area contributed by atoms with Gasteiger partial charge in [0.25, 0.3) is 0 Å². The molecule has 1 heterocycles. The van der Waals surface area contributed by atoms with E-state index in [9.17, 15) is 18.0 Å². The first-order chi connectivity index (χ1) is 13.8. The summed E-state index contributed by atoms with van der Waals surface area (Å²) >= 11 is 0. The fourth-order valence-electron chi connectivity index (χ4n) is 2.81. The number of hydrogen-bond donors (Lipinski definition) is 1. The number of carbonyl (C=O) groups is 1. The minimum Gasteiger partial charge on any atom is -0.496 e. The second-order valence-electron chi connectivity index (χ2n) is 6.57. The average molecular weight is 403 g/mol.